The van der Waals surface area contributed by atoms with Gasteiger partial charge in [-0.15, -0.1) is 0 Å². The predicted octanol–water partition coefficient (Wildman–Crippen LogP) is 7.80. The number of rotatable bonds is 5. The fraction of sp³-hybridized carbons (Fsp3) is 0.0606. The maximum Gasteiger partial charge on any atom is 0.197 e. The van der Waals surface area contributed by atoms with Gasteiger partial charge in [0.05, 0.1) is 11.0 Å². The minimum Gasteiger partial charge on any atom is -0.309 e. The van der Waals surface area contributed by atoms with Crippen LogP contribution in [0, 0.1) is 11.6 Å². The summed E-state index contributed by atoms with van der Waals surface area (Å²) in [5, 5.41) is 1.29. The van der Waals surface area contributed by atoms with Gasteiger partial charge in [0.2, 0.25) is 0 Å². The lowest BCUT2D eigenvalue weighted by molar-refractivity contribution is 0.624. The first-order valence-corrected chi connectivity index (χ1v) is 12.2. The van der Waals surface area contributed by atoms with Gasteiger partial charge in [-0.2, -0.15) is 0 Å². The van der Waals surface area contributed by atoms with Crippen molar-refractivity contribution in [3.63, 3.8) is 0 Å². The molecule has 0 aliphatic rings. The molecule has 5 aromatic carbocycles. The van der Waals surface area contributed by atoms with Crippen LogP contribution in [0.4, 0.5) is 8.78 Å². The number of fused-ring (bicyclic) bond motifs is 2. The molecule has 0 atom stereocenters. The van der Waals surface area contributed by atoms with Crippen LogP contribution in [0.5, 0.6) is 0 Å². The summed E-state index contributed by atoms with van der Waals surface area (Å²) in [5.74, 6) is -0.739. The maximum absolute atomic E-state index is 13.7. The van der Waals surface area contributed by atoms with Gasteiger partial charge in [0.15, 0.2) is 5.43 Å². The van der Waals surface area contributed by atoms with Crippen LogP contribution in [-0.4, -0.2) is 4.57 Å². The van der Waals surface area contributed by atoms with Crippen molar-refractivity contribution in [3.05, 3.63) is 160 Å². The maximum atomic E-state index is 13.7. The molecule has 6 rings (SSSR count). The zero-order valence-corrected chi connectivity index (χ0v) is 19.9. The smallest absolute Gasteiger partial charge is 0.197 e. The average Bonchev–Trinajstić information content (AvgIpc) is 2.94. The summed E-state index contributed by atoms with van der Waals surface area (Å²) in [4.78, 5) is 13.6. The van der Waals surface area contributed by atoms with Crippen molar-refractivity contribution >= 4 is 21.8 Å². The summed E-state index contributed by atoms with van der Waals surface area (Å²) in [6.07, 6.45) is 0.574. The monoisotopic (exact) mass is 487 g/mol. The quantitative estimate of drug-likeness (QED) is 0.228. The van der Waals surface area contributed by atoms with Gasteiger partial charge < -0.3 is 4.57 Å². The van der Waals surface area contributed by atoms with E-state index < -0.39 is 0 Å². The largest absolute Gasteiger partial charge is 0.309 e. The lowest BCUT2D eigenvalue weighted by Crippen LogP contribution is -2.11. The van der Waals surface area contributed by atoms with Gasteiger partial charge in [0, 0.05) is 22.4 Å². The Hall–Kier alpha value is -4.57. The Bertz CT molecular complexity index is 1730. The standard InChI is InChI=1S/C33H23F2NO/c34-25-15-11-23(12-16-25)29(24-13-17-26(35)18-14-24)20-22-10-19-32-30(21-22)33(37)28-8-4-5-9-31(28)36(32)27-6-2-1-3-7-27/h1-19,21,29H,20H2. The van der Waals surface area contributed by atoms with Crippen molar-refractivity contribution in [3.8, 4) is 5.69 Å². The minimum atomic E-state index is -0.305. The third kappa shape index (κ3) is 4.31. The number of pyridine rings is 1. The molecule has 37 heavy (non-hydrogen) atoms. The number of halogens is 2. The van der Waals surface area contributed by atoms with Crippen LogP contribution in [0.25, 0.3) is 27.5 Å². The van der Waals surface area contributed by atoms with Crippen LogP contribution in [-0.2, 0) is 6.42 Å². The first-order valence-electron chi connectivity index (χ1n) is 12.2. The molecule has 0 saturated carbocycles. The molecule has 1 aromatic heterocycles. The highest BCUT2D eigenvalue weighted by molar-refractivity contribution is 5.95. The molecule has 0 saturated heterocycles. The van der Waals surface area contributed by atoms with E-state index in [2.05, 4.69) is 4.57 Å². The predicted molar refractivity (Wildman–Crippen MR) is 145 cm³/mol. The highest BCUT2D eigenvalue weighted by atomic mass is 19.1. The molecule has 0 amide bonds. The summed E-state index contributed by atoms with van der Waals surface area (Å²) in [6.45, 7) is 0. The molecule has 0 aliphatic heterocycles. The Labute approximate surface area is 213 Å². The Morgan fingerprint density at radius 3 is 1.81 bits per heavy atom. The Morgan fingerprint density at radius 1 is 0.595 bits per heavy atom. The Balaban J connectivity index is 1.52. The molecule has 4 heteroatoms. The number of hydrogen-bond donors (Lipinski definition) is 0. The van der Waals surface area contributed by atoms with Crippen LogP contribution in [0.15, 0.2) is 126 Å². The molecule has 0 radical (unpaired) electrons. The van der Waals surface area contributed by atoms with Crippen LogP contribution < -0.4 is 5.43 Å². The zero-order chi connectivity index (χ0) is 25.4. The number of aromatic nitrogens is 1. The Kier molecular flexibility index (Phi) is 5.85. The molecule has 0 bridgehead atoms. The van der Waals surface area contributed by atoms with E-state index in [1.54, 1.807) is 24.3 Å². The number of nitrogens with zero attached hydrogens (tertiary/aromatic N) is 1. The van der Waals surface area contributed by atoms with E-state index in [-0.39, 0.29) is 23.0 Å². The summed E-state index contributed by atoms with van der Waals surface area (Å²) in [6, 6.07) is 36.5. The highest BCUT2D eigenvalue weighted by Gasteiger charge is 2.18. The van der Waals surface area contributed by atoms with E-state index in [1.807, 2.05) is 72.8 Å². The van der Waals surface area contributed by atoms with Crippen molar-refractivity contribution in [2.24, 2.45) is 0 Å². The molecule has 0 spiro atoms. The first-order chi connectivity index (χ1) is 18.1. The van der Waals surface area contributed by atoms with Gasteiger partial charge in [-0.25, -0.2) is 8.78 Å². The van der Waals surface area contributed by atoms with Crippen molar-refractivity contribution in [2.45, 2.75) is 12.3 Å². The van der Waals surface area contributed by atoms with Gasteiger partial charge in [-0.05, 0) is 83.8 Å². The molecule has 6 aromatic rings. The van der Waals surface area contributed by atoms with Crippen LogP contribution >= 0.6 is 0 Å². The second-order valence-electron chi connectivity index (χ2n) is 9.23. The van der Waals surface area contributed by atoms with E-state index in [9.17, 15) is 13.6 Å². The lowest BCUT2D eigenvalue weighted by Gasteiger charge is -2.20. The van der Waals surface area contributed by atoms with E-state index in [1.165, 1.54) is 24.3 Å². The lowest BCUT2D eigenvalue weighted by atomic mass is 9.85. The van der Waals surface area contributed by atoms with E-state index >= 15 is 0 Å². The topological polar surface area (TPSA) is 22.0 Å². The normalized spacial score (nSPS) is 11.4. The SMILES string of the molecule is O=c1c2ccccc2n(-c2ccccc2)c2ccc(CC(c3ccc(F)cc3)c3ccc(F)cc3)cc12. The summed E-state index contributed by atoms with van der Waals surface area (Å²) in [5.41, 5.74) is 5.47. The van der Waals surface area contributed by atoms with Crippen LogP contribution in [0.1, 0.15) is 22.6 Å². The second kappa shape index (κ2) is 9.47. The second-order valence-corrected chi connectivity index (χ2v) is 9.23. The molecule has 1 heterocycles. The van der Waals surface area contributed by atoms with Crippen LogP contribution in [0.2, 0.25) is 0 Å². The minimum absolute atomic E-state index is 0.0141. The van der Waals surface area contributed by atoms with Gasteiger partial charge in [0.25, 0.3) is 0 Å². The summed E-state index contributed by atoms with van der Waals surface area (Å²) < 4.78 is 29.5. The van der Waals surface area contributed by atoms with Gasteiger partial charge >= 0.3 is 0 Å². The van der Waals surface area contributed by atoms with Crippen molar-refractivity contribution in [1.82, 2.24) is 4.57 Å². The van der Waals surface area contributed by atoms with E-state index in [0.29, 0.717) is 17.2 Å². The first kappa shape index (κ1) is 22.9. The van der Waals surface area contributed by atoms with Crippen molar-refractivity contribution < 1.29 is 8.78 Å². The van der Waals surface area contributed by atoms with Gasteiger partial charge in [0.1, 0.15) is 11.6 Å². The van der Waals surface area contributed by atoms with Crippen molar-refractivity contribution in [1.29, 1.82) is 0 Å². The van der Waals surface area contributed by atoms with Gasteiger partial charge in [-0.3, -0.25) is 4.79 Å². The van der Waals surface area contributed by atoms with E-state index in [0.717, 1.165) is 33.4 Å². The molecule has 0 aliphatic carbocycles. The average molecular weight is 488 g/mol. The number of para-hydroxylation sites is 2. The molecule has 180 valence electrons. The molecule has 0 unspecified atom stereocenters. The van der Waals surface area contributed by atoms with Crippen LogP contribution in [0.3, 0.4) is 0 Å². The molecule has 0 N–H and O–H groups in total. The molecular formula is C33H23F2NO. The number of benzene rings is 5. The van der Waals surface area contributed by atoms with Crippen molar-refractivity contribution in [2.75, 3.05) is 0 Å². The third-order valence-electron chi connectivity index (χ3n) is 6.94. The molecule has 0 fully saturated rings. The fourth-order valence-corrected chi connectivity index (χ4v) is 5.13. The van der Waals surface area contributed by atoms with Gasteiger partial charge in [-0.1, -0.05) is 60.7 Å². The third-order valence-corrected chi connectivity index (χ3v) is 6.94. The highest BCUT2D eigenvalue weighted by Crippen LogP contribution is 2.31. The fourth-order valence-electron chi connectivity index (χ4n) is 5.13. The Morgan fingerprint density at radius 2 is 1.16 bits per heavy atom. The molecular weight excluding hydrogens is 464 g/mol. The molecule has 2 nitrogen and oxygen atoms in total. The van der Waals surface area contributed by atoms with E-state index in [4.69, 9.17) is 0 Å². The summed E-state index contributed by atoms with van der Waals surface area (Å²) >= 11 is 0. The number of hydrogen-bond acceptors (Lipinski definition) is 1. The zero-order valence-electron chi connectivity index (χ0n) is 19.9. The summed E-state index contributed by atoms with van der Waals surface area (Å²) in [7, 11) is 0.